The summed E-state index contributed by atoms with van der Waals surface area (Å²) in [7, 11) is 0. The van der Waals surface area contributed by atoms with Crippen LogP contribution in [0.15, 0.2) is 60.8 Å². The summed E-state index contributed by atoms with van der Waals surface area (Å²) in [5.41, 5.74) is 2.53. The third-order valence-corrected chi connectivity index (χ3v) is 9.25. The summed E-state index contributed by atoms with van der Waals surface area (Å²) in [5.74, 6) is -0.0217. The molecule has 2 aliphatic rings. The van der Waals surface area contributed by atoms with Crippen LogP contribution in [0.4, 0.5) is 35.8 Å². The molecule has 12 nitrogen and oxygen atoms in total. The average Bonchev–Trinajstić information content (AvgIpc) is 3.46. The number of amides is 4. The van der Waals surface area contributed by atoms with E-state index < -0.39 is 23.8 Å². The number of urea groups is 1. The van der Waals surface area contributed by atoms with Crippen LogP contribution in [0.2, 0.25) is 0 Å². The Bertz CT molecular complexity index is 1800. The predicted molar refractivity (Wildman–Crippen MR) is 186 cm³/mol. The Morgan fingerprint density at radius 2 is 1.62 bits per heavy atom. The van der Waals surface area contributed by atoms with Gasteiger partial charge in [0, 0.05) is 49.5 Å². The summed E-state index contributed by atoms with van der Waals surface area (Å²) < 4.78 is 34.5. The number of aromatic nitrogens is 3. The molecule has 264 valence electrons. The van der Waals surface area contributed by atoms with Gasteiger partial charge in [-0.05, 0) is 99.3 Å². The van der Waals surface area contributed by atoms with Gasteiger partial charge < -0.3 is 19.5 Å². The van der Waals surface area contributed by atoms with Crippen LogP contribution < -0.4 is 16.0 Å². The van der Waals surface area contributed by atoms with Crippen molar-refractivity contribution < 1.29 is 27.9 Å². The van der Waals surface area contributed by atoms with Gasteiger partial charge in [-0.2, -0.15) is 0 Å². The number of imidazole rings is 1. The molecule has 0 unspecified atom stereocenters. The summed E-state index contributed by atoms with van der Waals surface area (Å²) in [5, 5.41) is 8.14. The number of ether oxygens (including phenoxy) is 1. The van der Waals surface area contributed by atoms with Gasteiger partial charge in [0.1, 0.15) is 17.5 Å². The third kappa shape index (κ3) is 8.72. The maximum Gasteiger partial charge on any atom is 0.412 e. The molecule has 2 fully saturated rings. The van der Waals surface area contributed by atoms with Gasteiger partial charge >= 0.3 is 12.1 Å². The summed E-state index contributed by atoms with van der Waals surface area (Å²) >= 11 is 0. The third-order valence-electron chi connectivity index (χ3n) is 9.25. The molecule has 50 heavy (non-hydrogen) atoms. The normalized spacial score (nSPS) is 15.9. The van der Waals surface area contributed by atoms with Gasteiger partial charge in [0.15, 0.2) is 0 Å². The van der Waals surface area contributed by atoms with E-state index in [0.717, 1.165) is 44.3 Å². The maximum atomic E-state index is 14.1. The Morgan fingerprint density at radius 3 is 2.36 bits per heavy atom. The standard InChI is InChI=1S/C36H42F2N8O4/c1-2-3-20-50-36(49)42-32-21-24(10-15-39-32)23-44-16-11-25(12-17-44)33(47)45-18-13-29(14-19-45)46-31-9-6-27(38)22-30(31)41-34(46)43-35(48)40-28-7-4-26(37)5-8-28/h4-10,15,21-22,25,29H,2-3,11-14,16-20,23H2,1H3,(H,39,42,49)(H2,40,41,43,48). The largest absolute Gasteiger partial charge is 0.449 e. The minimum atomic E-state index is -0.559. The number of anilines is 3. The van der Waals surface area contributed by atoms with Crippen molar-refractivity contribution >= 4 is 46.5 Å². The van der Waals surface area contributed by atoms with Crippen LogP contribution in [0.5, 0.6) is 0 Å². The molecule has 0 saturated carbocycles. The Kier molecular flexibility index (Phi) is 11.2. The topological polar surface area (TPSA) is 134 Å². The number of unbranched alkanes of at least 4 members (excludes halogenated alkanes) is 1. The van der Waals surface area contributed by atoms with E-state index in [2.05, 4.69) is 30.8 Å². The zero-order valence-electron chi connectivity index (χ0n) is 28.0. The van der Waals surface area contributed by atoms with Gasteiger partial charge in [-0.1, -0.05) is 13.3 Å². The number of carbonyl (C=O) groups excluding carboxylic acids is 3. The second kappa shape index (κ2) is 16.1. The zero-order chi connectivity index (χ0) is 35.0. The number of rotatable bonds is 10. The molecule has 3 N–H and O–H groups in total. The molecule has 2 aromatic carbocycles. The highest BCUT2D eigenvalue weighted by Gasteiger charge is 2.32. The van der Waals surface area contributed by atoms with Crippen molar-refractivity contribution in [3.8, 4) is 0 Å². The fourth-order valence-corrected chi connectivity index (χ4v) is 6.62. The molecule has 0 aliphatic carbocycles. The van der Waals surface area contributed by atoms with Gasteiger partial charge in [-0.3, -0.25) is 20.3 Å². The molecule has 2 aromatic heterocycles. The van der Waals surface area contributed by atoms with Crippen LogP contribution in [0.1, 0.15) is 57.1 Å². The van der Waals surface area contributed by atoms with Crippen LogP contribution in [0.3, 0.4) is 0 Å². The molecule has 2 saturated heterocycles. The Morgan fingerprint density at radius 1 is 0.880 bits per heavy atom. The van der Waals surface area contributed by atoms with E-state index in [1.165, 1.54) is 36.4 Å². The lowest BCUT2D eigenvalue weighted by Crippen LogP contribution is -2.45. The second-order valence-corrected chi connectivity index (χ2v) is 12.8. The molecule has 0 atom stereocenters. The van der Waals surface area contributed by atoms with E-state index >= 15 is 0 Å². The number of nitrogens with one attached hydrogen (secondary N) is 3. The van der Waals surface area contributed by atoms with Crippen LogP contribution >= 0.6 is 0 Å². The highest BCUT2D eigenvalue weighted by atomic mass is 19.1. The van der Waals surface area contributed by atoms with E-state index in [0.29, 0.717) is 61.6 Å². The monoisotopic (exact) mass is 688 g/mol. The van der Waals surface area contributed by atoms with Crippen LogP contribution in [0.25, 0.3) is 11.0 Å². The SMILES string of the molecule is CCCCOC(=O)Nc1cc(CN2CCC(C(=O)N3CCC(n4c(NC(=O)Nc5ccc(F)cc5)nc5cc(F)ccc54)CC3)CC2)ccn1. The number of carbonyl (C=O) groups is 3. The first-order valence-corrected chi connectivity index (χ1v) is 17.2. The molecule has 4 amide bonds. The Labute approximate surface area is 289 Å². The minimum absolute atomic E-state index is 0.0557. The van der Waals surface area contributed by atoms with E-state index in [-0.39, 0.29) is 23.8 Å². The summed E-state index contributed by atoms with van der Waals surface area (Å²) in [6.07, 6.45) is 5.72. The summed E-state index contributed by atoms with van der Waals surface area (Å²) in [6.45, 7) is 5.77. The number of benzene rings is 2. The molecule has 2 aliphatic heterocycles. The van der Waals surface area contributed by atoms with Gasteiger partial charge in [0.05, 0.1) is 17.6 Å². The van der Waals surface area contributed by atoms with Crippen LogP contribution in [-0.4, -0.2) is 75.2 Å². The number of fused-ring (bicyclic) bond motifs is 1. The van der Waals surface area contributed by atoms with Crippen LogP contribution in [-0.2, 0) is 16.1 Å². The zero-order valence-corrected chi connectivity index (χ0v) is 28.0. The highest BCUT2D eigenvalue weighted by Crippen LogP contribution is 2.33. The van der Waals surface area contributed by atoms with Gasteiger partial charge in [0.25, 0.3) is 0 Å². The van der Waals surface area contributed by atoms with Crippen molar-refractivity contribution in [2.75, 3.05) is 48.7 Å². The first-order chi connectivity index (χ1) is 24.2. The van der Waals surface area contributed by atoms with Crippen molar-refractivity contribution in [1.82, 2.24) is 24.3 Å². The molecular weight excluding hydrogens is 646 g/mol. The summed E-state index contributed by atoms with van der Waals surface area (Å²) in [6, 6.07) is 12.9. The number of nitrogens with zero attached hydrogens (tertiary/aromatic N) is 5. The Balaban J connectivity index is 1.02. The number of piperidine rings is 2. The van der Waals surface area contributed by atoms with Crippen LogP contribution in [0, 0.1) is 17.6 Å². The van der Waals surface area contributed by atoms with E-state index in [4.69, 9.17) is 4.74 Å². The lowest BCUT2D eigenvalue weighted by Gasteiger charge is -2.38. The van der Waals surface area contributed by atoms with Gasteiger partial charge in [-0.25, -0.2) is 28.3 Å². The Hall–Kier alpha value is -5.11. The molecule has 4 heterocycles. The minimum Gasteiger partial charge on any atom is -0.449 e. The van der Waals surface area contributed by atoms with Crippen molar-refractivity contribution in [1.29, 1.82) is 0 Å². The highest BCUT2D eigenvalue weighted by molar-refractivity contribution is 5.99. The van der Waals surface area contributed by atoms with Crippen molar-refractivity contribution in [2.45, 2.75) is 58.0 Å². The van der Waals surface area contributed by atoms with E-state index in [1.807, 2.05) is 28.5 Å². The lowest BCUT2D eigenvalue weighted by atomic mass is 9.93. The maximum absolute atomic E-state index is 14.1. The number of likely N-dealkylation sites (tertiary alicyclic amines) is 2. The molecular formula is C36H42F2N8O4. The van der Waals surface area contributed by atoms with Crippen molar-refractivity contribution in [2.24, 2.45) is 5.92 Å². The average molecular weight is 689 g/mol. The van der Waals surface area contributed by atoms with E-state index in [1.54, 1.807) is 12.3 Å². The van der Waals surface area contributed by atoms with Crippen molar-refractivity contribution in [3.05, 3.63) is 78.0 Å². The fourth-order valence-electron chi connectivity index (χ4n) is 6.62. The molecule has 0 spiro atoms. The van der Waals surface area contributed by atoms with Gasteiger partial charge in [-0.15, -0.1) is 0 Å². The number of hydrogen-bond donors (Lipinski definition) is 3. The smallest absolute Gasteiger partial charge is 0.412 e. The molecule has 0 radical (unpaired) electrons. The number of pyridine rings is 1. The number of halogens is 2. The molecule has 14 heteroatoms. The first-order valence-electron chi connectivity index (χ1n) is 17.2. The van der Waals surface area contributed by atoms with Crippen molar-refractivity contribution in [3.63, 3.8) is 0 Å². The fraction of sp³-hybridized carbons (Fsp3) is 0.417. The van der Waals surface area contributed by atoms with E-state index in [9.17, 15) is 23.2 Å². The molecule has 0 bridgehead atoms. The summed E-state index contributed by atoms with van der Waals surface area (Å²) in [4.78, 5) is 51.5. The number of hydrogen-bond acceptors (Lipinski definition) is 7. The first kappa shape index (κ1) is 34.7. The second-order valence-electron chi connectivity index (χ2n) is 12.8. The van der Waals surface area contributed by atoms with Gasteiger partial charge in [0.2, 0.25) is 11.9 Å². The molecule has 4 aromatic rings. The quantitative estimate of drug-likeness (QED) is 0.157. The lowest BCUT2D eigenvalue weighted by molar-refractivity contribution is -0.138. The predicted octanol–water partition coefficient (Wildman–Crippen LogP) is 6.78. The molecule has 6 rings (SSSR count).